The molecule has 8 heteroatoms. The van der Waals surface area contributed by atoms with Crippen LogP contribution in [0.15, 0.2) is 71.3 Å². The van der Waals surface area contributed by atoms with Gasteiger partial charge in [0.25, 0.3) is 11.8 Å². The summed E-state index contributed by atoms with van der Waals surface area (Å²) in [5, 5.41) is 9.03. The smallest absolute Gasteiger partial charge is 0.334 e. The fourth-order valence-electron chi connectivity index (χ4n) is 3.04. The number of amides is 2. The van der Waals surface area contributed by atoms with Gasteiger partial charge in [-0.25, -0.2) is 4.79 Å². The summed E-state index contributed by atoms with van der Waals surface area (Å²) in [7, 11) is 0. The Hall–Kier alpha value is -3.94. The number of hydrogen-bond donors (Lipinski definition) is 2. The molecule has 0 spiro atoms. The molecular formula is C24H25N3O5. The molecule has 2 amide bonds. The molecule has 2 aromatic carbocycles. The van der Waals surface area contributed by atoms with E-state index in [1.165, 1.54) is 0 Å². The van der Waals surface area contributed by atoms with E-state index in [0.717, 1.165) is 0 Å². The third-order valence-corrected chi connectivity index (χ3v) is 4.67. The molecular weight excluding hydrogens is 410 g/mol. The first kappa shape index (κ1) is 22.7. The molecule has 8 nitrogen and oxygen atoms in total. The number of nitrogens with zero attached hydrogens (tertiary/aromatic N) is 1. The van der Waals surface area contributed by atoms with Crippen LogP contribution in [-0.4, -0.2) is 29.0 Å². The van der Waals surface area contributed by atoms with Crippen LogP contribution in [0.2, 0.25) is 0 Å². The molecule has 0 fully saturated rings. The normalized spacial score (nSPS) is 12.6. The van der Waals surface area contributed by atoms with Crippen molar-refractivity contribution in [2.45, 2.75) is 32.9 Å². The molecule has 0 unspecified atom stereocenters. The summed E-state index contributed by atoms with van der Waals surface area (Å²) in [4.78, 5) is 38.6. The van der Waals surface area contributed by atoms with Crippen molar-refractivity contribution in [1.82, 2.24) is 10.5 Å². The Kier molecular flexibility index (Phi) is 7.38. The van der Waals surface area contributed by atoms with E-state index < -0.39 is 29.9 Å². The number of hydrogen-bond acceptors (Lipinski definition) is 6. The molecule has 32 heavy (non-hydrogen) atoms. The SMILES string of the molecule is Cc1cc(NC(=O)[C@H](OC(=O)[C@H](NC(=O)c2ccccc2)c2ccccc2)C(C)C)no1. The van der Waals surface area contributed by atoms with Crippen molar-refractivity contribution < 1.29 is 23.6 Å². The van der Waals surface area contributed by atoms with Crippen molar-refractivity contribution in [3.8, 4) is 0 Å². The van der Waals surface area contributed by atoms with Crippen LogP contribution in [0.1, 0.15) is 41.6 Å². The highest BCUT2D eigenvalue weighted by atomic mass is 16.6. The summed E-state index contributed by atoms with van der Waals surface area (Å²) in [5.41, 5.74) is 0.942. The second-order valence-corrected chi connectivity index (χ2v) is 7.60. The quantitative estimate of drug-likeness (QED) is 0.523. The number of carbonyl (C=O) groups is 3. The molecule has 0 saturated carbocycles. The van der Waals surface area contributed by atoms with E-state index in [0.29, 0.717) is 16.9 Å². The minimum absolute atomic E-state index is 0.228. The fourth-order valence-corrected chi connectivity index (χ4v) is 3.04. The van der Waals surface area contributed by atoms with Crippen LogP contribution in [0, 0.1) is 12.8 Å². The summed E-state index contributed by atoms with van der Waals surface area (Å²) in [6.07, 6.45) is -1.10. The molecule has 166 valence electrons. The van der Waals surface area contributed by atoms with Gasteiger partial charge in [0.05, 0.1) is 0 Å². The van der Waals surface area contributed by atoms with Gasteiger partial charge in [-0.3, -0.25) is 9.59 Å². The average Bonchev–Trinajstić information content (AvgIpc) is 3.20. The number of ether oxygens (including phenoxy) is 1. The van der Waals surface area contributed by atoms with Crippen LogP contribution in [0.25, 0.3) is 0 Å². The van der Waals surface area contributed by atoms with Gasteiger partial charge in [-0.15, -0.1) is 0 Å². The van der Waals surface area contributed by atoms with Crippen LogP contribution in [-0.2, 0) is 14.3 Å². The van der Waals surface area contributed by atoms with Crippen molar-refractivity contribution in [3.63, 3.8) is 0 Å². The molecule has 0 radical (unpaired) electrons. The lowest BCUT2D eigenvalue weighted by atomic mass is 10.0. The van der Waals surface area contributed by atoms with Gasteiger partial charge in [0.2, 0.25) is 0 Å². The lowest BCUT2D eigenvalue weighted by Crippen LogP contribution is -2.41. The largest absolute Gasteiger partial charge is 0.450 e. The van der Waals surface area contributed by atoms with Crippen LogP contribution in [0.5, 0.6) is 0 Å². The van der Waals surface area contributed by atoms with Gasteiger partial charge in [0.1, 0.15) is 5.76 Å². The van der Waals surface area contributed by atoms with E-state index in [1.54, 1.807) is 87.5 Å². The second kappa shape index (κ2) is 10.4. The zero-order chi connectivity index (χ0) is 23.1. The van der Waals surface area contributed by atoms with E-state index in [4.69, 9.17) is 9.26 Å². The van der Waals surface area contributed by atoms with Crippen molar-refractivity contribution in [1.29, 1.82) is 0 Å². The van der Waals surface area contributed by atoms with Crippen molar-refractivity contribution in [3.05, 3.63) is 83.6 Å². The van der Waals surface area contributed by atoms with Gasteiger partial charge in [-0.2, -0.15) is 0 Å². The number of benzene rings is 2. The predicted octanol–water partition coefficient (Wildman–Crippen LogP) is 3.66. The fraction of sp³-hybridized carbons (Fsp3) is 0.250. The Morgan fingerprint density at radius 2 is 1.59 bits per heavy atom. The van der Waals surface area contributed by atoms with Crippen molar-refractivity contribution in [2.24, 2.45) is 5.92 Å². The predicted molar refractivity (Wildman–Crippen MR) is 118 cm³/mol. The maximum absolute atomic E-state index is 13.1. The van der Waals surface area contributed by atoms with Crippen LogP contribution in [0.3, 0.4) is 0 Å². The first-order valence-electron chi connectivity index (χ1n) is 10.2. The first-order chi connectivity index (χ1) is 15.3. The Labute approximate surface area is 185 Å². The standard InChI is InChI=1S/C24H25N3O5/c1-15(2)21(23(29)25-19-14-16(3)32-27-19)31-24(30)20(17-10-6-4-7-11-17)26-22(28)18-12-8-5-9-13-18/h4-15,20-21H,1-3H3,(H,26,28)(H,25,27,29)/t20-,21-/m1/s1. The third kappa shape index (κ3) is 5.81. The molecule has 1 heterocycles. The molecule has 0 aliphatic heterocycles. The van der Waals surface area contributed by atoms with Crippen molar-refractivity contribution >= 4 is 23.6 Å². The highest BCUT2D eigenvalue weighted by Crippen LogP contribution is 2.20. The summed E-state index contributed by atoms with van der Waals surface area (Å²) < 4.78 is 10.5. The summed E-state index contributed by atoms with van der Waals surface area (Å²) in [5.74, 6) is -1.28. The zero-order valence-electron chi connectivity index (χ0n) is 18.1. The van der Waals surface area contributed by atoms with E-state index in [2.05, 4.69) is 15.8 Å². The van der Waals surface area contributed by atoms with E-state index in [9.17, 15) is 14.4 Å². The molecule has 3 rings (SSSR count). The number of aryl methyl sites for hydroxylation is 1. The third-order valence-electron chi connectivity index (χ3n) is 4.67. The van der Waals surface area contributed by atoms with Crippen LogP contribution >= 0.6 is 0 Å². The molecule has 0 bridgehead atoms. The van der Waals surface area contributed by atoms with Gasteiger partial charge in [-0.1, -0.05) is 67.5 Å². The van der Waals surface area contributed by atoms with E-state index in [1.807, 2.05) is 0 Å². The van der Waals surface area contributed by atoms with Crippen LogP contribution < -0.4 is 10.6 Å². The highest BCUT2D eigenvalue weighted by molar-refractivity contribution is 5.98. The molecule has 0 aliphatic rings. The van der Waals surface area contributed by atoms with Gasteiger partial charge in [0.15, 0.2) is 18.0 Å². The average molecular weight is 435 g/mol. The number of aromatic nitrogens is 1. The maximum Gasteiger partial charge on any atom is 0.334 e. The maximum atomic E-state index is 13.1. The molecule has 0 aliphatic carbocycles. The Morgan fingerprint density at radius 3 is 2.16 bits per heavy atom. The second-order valence-electron chi connectivity index (χ2n) is 7.60. The Morgan fingerprint density at radius 1 is 0.969 bits per heavy atom. The van der Waals surface area contributed by atoms with E-state index in [-0.39, 0.29) is 11.7 Å². The molecule has 2 N–H and O–H groups in total. The Balaban J connectivity index is 1.79. The lowest BCUT2D eigenvalue weighted by Gasteiger charge is -2.24. The monoisotopic (exact) mass is 435 g/mol. The molecule has 0 saturated heterocycles. The minimum Gasteiger partial charge on any atom is -0.450 e. The van der Waals surface area contributed by atoms with Crippen molar-refractivity contribution in [2.75, 3.05) is 5.32 Å². The number of nitrogens with one attached hydrogen (secondary N) is 2. The number of rotatable bonds is 8. The summed E-state index contributed by atoms with van der Waals surface area (Å²) >= 11 is 0. The number of anilines is 1. The summed E-state index contributed by atoms with van der Waals surface area (Å²) in [6, 6.07) is 17.7. The first-order valence-corrected chi connectivity index (χ1v) is 10.2. The minimum atomic E-state index is -1.10. The van der Waals surface area contributed by atoms with Gasteiger partial charge in [-0.05, 0) is 30.5 Å². The van der Waals surface area contributed by atoms with E-state index >= 15 is 0 Å². The Bertz CT molecular complexity index is 1060. The lowest BCUT2D eigenvalue weighted by molar-refractivity contribution is -0.158. The van der Waals surface area contributed by atoms with Gasteiger partial charge >= 0.3 is 5.97 Å². The number of esters is 1. The zero-order valence-corrected chi connectivity index (χ0v) is 18.1. The van der Waals surface area contributed by atoms with Crippen LogP contribution in [0.4, 0.5) is 5.82 Å². The topological polar surface area (TPSA) is 111 Å². The summed E-state index contributed by atoms with van der Waals surface area (Å²) in [6.45, 7) is 5.21. The molecule has 3 aromatic rings. The molecule has 1 aromatic heterocycles. The highest BCUT2D eigenvalue weighted by Gasteiger charge is 2.32. The number of carbonyl (C=O) groups excluding carboxylic acids is 3. The van der Waals surface area contributed by atoms with Gasteiger partial charge in [0, 0.05) is 11.6 Å². The van der Waals surface area contributed by atoms with Gasteiger partial charge < -0.3 is 19.9 Å². The molecule has 2 atom stereocenters.